The number of aromatic nitrogens is 3. The average molecular weight is 531 g/mol. The van der Waals surface area contributed by atoms with Crippen molar-refractivity contribution in [2.45, 2.75) is 39.0 Å². The van der Waals surface area contributed by atoms with Crippen LogP contribution in [0.4, 0.5) is 17.6 Å². The Labute approximate surface area is 208 Å². The predicted octanol–water partition coefficient (Wildman–Crippen LogP) is 5.01. The van der Waals surface area contributed by atoms with E-state index < -0.39 is 12.1 Å². The zero-order valence-corrected chi connectivity index (χ0v) is 20.0. The highest BCUT2D eigenvalue weighted by atomic mass is 35.5. The van der Waals surface area contributed by atoms with E-state index in [1.807, 2.05) is 26.0 Å². The van der Waals surface area contributed by atoms with Crippen LogP contribution in [-0.2, 0) is 11.3 Å². The van der Waals surface area contributed by atoms with E-state index in [2.05, 4.69) is 15.6 Å². The van der Waals surface area contributed by atoms with Crippen LogP contribution in [0.1, 0.15) is 36.3 Å². The molecule has 0 bridgehead atoms. The average Bonchev–Trinajstić information content (AvgIpc) is 3.03. The number of carboxylic acid groups (broad SMARTS) is 1. The lowest BCUT2D eigenvalue weighted by Gasteiger charge is -2.15. The number of nitrogens with zero attached hydrogens (tertiary/aromatic N) is 3. The number of halogens is 5. The Balaban J connectivity index is 0.000000454. The summed E-state index contributed by atoms with van der Waals surface area (Å²) in [5, 5.41) is 19.7. The fourth-order valence-corrected chi connectivity index (χ4v) is 3.61. The smallest absolute Gasteiger partial charge is 0.489 e. The topological polar surface area (TPSA) is 98.5 Å². The fraction of sp³-hybridized carbons (Fsp3) is 0.348. The van der Waals surface area contributed by atoms with Crippen molar-refractivity contribution in [1.29, 1.82) is 0 Å². The van der Waals surface area contributed by atoms with Crippen molar-refractivity contribution in [2.24, 2.45) is 0 Å². The summed E-state index contributed by atoms with van der Waals surface area (Å²) >= 11 is 6.37. The standard InChI is InChI=1S/C21H22ClFN4O2.C2HF3O2/c1-13(20-14(2)27(26-25-20)17-6-4-16(23)5-7-17)24-12-15-10-18(22)21-19(11-15)28-8-3-9-29-21;3-2(4,5)1(6)7/h4-7,10-11,13,24H,3,8-9,12H2,1-2H3;(H,6,7). The van der Waals surface area contributed by atoms with Crippen molar-refractivity contribution in [2.75, 3.05) is 13.2 Å². The summed E-state index contributed by atoms with van der Waals surface area (Å²) in [6, 6.07) is 9.97. The minimum absolute atomic E-state index is 0.0426. The van der Waals surface area contributed by atoms with Crippen LogP contribution in [-0.4, -0.2) is 45.5 Å². The lowest BCUT2D eigenvalue weighted by Crippen LogP contribution is -2.21. The molecule has 8 nitrogen and oxygen atoms in total. The van der Waals surface area contributed by atoms with Gasteiger partial charge in [-0.2, -0.15) is 13.2 Å². The second-order valence-corrected chi connectivity index (χ2v) is 8.22. The minimum atomic E-state index is -5.08. The van der Waals surface area contributed by atoms with Crippen molar-refractivity contribution < 1.29 is 36.9 Å². The molecular formula is C23H23ClF4N4O4. The molecule has 2 N–H and O–H groups in total. The molecule has 0 aliphatic carbocycles. The zero-order valence-electron chi connectivity index (χ0n) is 19.3. The summed E-state index contributed by atoms with van der Waals surface area (Å²) in [4.78, 5) is 8.90. The number of hydrogen-bond acceptors (Lipinski definition) is 6. The molecule has 1 atom stereocenters. The maximum atomic E-state index is 13.2. The van der Waals surface area contributed by atoms with E-state index >= 15 is 0 Å². The van der Waals surface area contributed by atoms with Crippen molar-refractivity contribution >= 4 is 17.6 Å². The number of ether oxygens (including phenoxy) is 2. The molecule has 194 valence electrons. The molecule has 0 amide bonds. The molecule has 1 aliphatic heterocycles. The third kappa shape index (κ3) is 6.85. The van der Waals surface area contributed by atoms with Crippen LogP contribution in [0, 0.1) is 12.7 Å². The Kier molecular flexibility index (Phi) is 8.75. The number of fused-ring (bicyclic) bond motifs is 1. The summed E-state index contributed by atoms with van der Waals surface area (Å²) in [6.07, 6.45) is -4.25. The van der Waals surface area contributed by atoms with Gasteiger partial charge < -0.3 is 19.9 Å². The first-order valence-electron chi connectivity index (χ1n) is 10.8. The van der Waals surface area contributed by atoms with Crippen LogP contribution in [0.2, 0.25) is 5.02 Å². The van der Waals surface area contributed by atoms with E-state index in [9.17, 15) is 17.6 Å². The van der Waals surface area contributed by atoms with Crippen molar-refractivity contribution in [3.05, 3.63) is 64.2 Å². The van der Waals surface area contributed by atoms with Crippen molar-refractivity contribution in [1.82, 2.24) is 20.3 Å². The molecule has 1 aliphatic rings. The molecule has 0 fully saturated rings. The van der Waals surface area contributed by atoms with Crippen molar-refractivity contribution in [3.63, 3.8) is 0 Å². The van der Waals surface area contributed by atoms with Crippen LogP contribution >= 0.6 is 11.6 Å². The summed E-state index contributed by atoms with van der Waals surface area (Å²) in [5.41, 5.74) is 3.49. The highest BCUT2D eigenvalue weighted by Gasteiger charge is 2.38. The first-order valence-corrected chi connectivity index (χ1v) is 11.1. The number of carbonyl (C=O) groups is 1. The zero-order chi connectivity index (χ0) is 26.5. The van der Waals surface area contributed by atoms with E-state index in [1.165, 1.54) is 12.1 Å². The van der Waals surface area contributed by atoms with Gasteiger partial charge in [-0.3, -0.25) is 0 Å². The van der Waals surface area contributed by atoms with Gasteiger partial charge in [-0.05, 0) is 55.8 Å². The largest absolute Gasteiger partial charge is 0.490 e. The monoisotopic (exact) mass is 530 g/mol. The Hall–Kier alpha value is -3.38. The minimum Gasteiger partial charge on any atom is -0.489 e. The molecule has 1 aromatic heterocycles. The van der Waals surface area contributed by atoms with Gasteiger partial charge in [-0.25, -0.2) is 13.9 Å². The van der Waals surface area contributed by atoms with Crippen LogP contribution in [0.15, 0.2) is 36.4 Å². The van der Waals surface area contributed by atoms with Gasteiger partial charge in [-0.15, -0.1) is 5.10 Å². The fourth-order valence-electron chi connectivity index (χ4n) is 3.32. The third-order valence-corrected chi connectivity index (χ3v) is 5.41. The first kappa shape index (κ1) is 27.2. The first-order chi connectivity index (χ1) is 17.0. The Morgan fingerprint density at radius 1 is 1.22 bits per heavy atom. The summed E-state index contributed by atoms with van der Waals surface area (Å²) < 4.78 is 58.0. The summed E-state index contributed by atoms with van der Waals surface area (Å²) in [5.74, 6) is -1.75. The molecular weight excluding hydrogens is 508 g/mol. The van der Waals surface area contributed by atoms with E-state index in [0.717, 1.165) is 29.1 Å². The Morgan fingerprint density at radius 2 is 1.86 bits per heavy atom. The molecule has 13 heteroatoms. The molecule has 2 aromatic carbocycles. The SMILES string of the molecule is Cc1c(C(C)NCc2cc(Cl)c3c(c2)OCCCO3)nnn1-c1ccc(F)cc1.O=C(O)C(F)(F)F. The molecule has 2 heterocycles. The van der Waals surface area contributed by atoms with E-state index in [4.69, 9.17) is 31.0 Å². The van der Waals surface area contributed by atoms with Crippen molar-refractivity contribution in [3.8, 4) is 17.2 Å². The van der Waals surface area contributed by atoms with Gasteiger partial charge in [0.15, 0.2) is 11.5 Å². The van der Waals surface area contributed by atoms with Crippen LogP contribution in [0.3, 0.4) is 0 Å². The highest BCUT2D eigenvalue weighted by Crippen LogP contribution is 2.38. The summed E-state index contributed by atoms with van der Waals surface area (Å²) in [6.45, 7) is 5.77. The molecule has 4 rings (SSSR count). The lowest BCUT2D eigenvalue weighted by molar-refractivity contribution is -0.192. The van der Waals surface area contributed by atoms with E-state index in [-0.39, 0.29) is 11.9 Å². The lowest BCUT2D eigenvalue weighted by atomic mass is 10.1. The normalized spacial score (nSPS) is 13.9. The number of alkyl halides is 3. The number of benzene rings is 2. The third-order valence-electron chi connectivity index (χ3n) is 5.13. The molecule has 36 heavy (non-hydrogen) atoms. The van der Waals surface area contributed by atoms with Gasteiger partial charge in [-0.1, -0.05) is 16.8 Å². The van der Waals surface area contributed by atoms with Gasteiger partial charge in [0, 0.05) is 13.0 Å². The quantitative estimate of drug-likeness (QED) is 0.447. The Morgan fingerprint density at radius 3 is 2.50 bits per heavy atom. The van der Waals surface area contributed by atoms with Crippen LogP contribution < -0.4 is 14.8 Å². The number of carboxylic acids is 1. The Bertz CT molecular complexity index is 1200. The highest BCUT2D eigenvalue weighted by molar-refractivity contribution is 6.32. The molecule has 0 saturated carbocycles. The second-order valence-electron chi connectivity index (χ2n) is 7.81. The van der Waals surface area contributed by atoms with Crippen LogP contribution in [0.25, 0.3) is 5.69 Å². The molecule has 3 aromatic rings. The van der Waals surface area contributed by atoms with Gasteiger partial charge in [0.25, 0.3) is 0 Å². The molecule has 0 saturated heterocycles. The molecule has 0 radical (unpaired) electrons. The van der Waals surface area contributed by atoms with Gasteiger partial charge in [0.2, 0.25) is 0 Å². The second kappa shape index (κ2) is 11.6. The number of rotatable bonds is 5. The van der Waals surface area contributed by atoms with E-state index in [1.54, 1.807) is 16.8 Å². The van der Waals surface area contributed by atoms with Gasteiger partial charge in [0.05, 0.1) is 35.7 Å². The number of nitrogens with one attached hydrogen (secondary N) is 1. The van der Waals surface area contributed by atoms with Gasteiger partial charge in [0.1, 0.15) is 11.5 Å². The number of hydrogen-bond donors (Lipinski definition) is 2. The maximum absolute atomic E-state index is 13.2. The van der Waals surface area contributed by atoms with Gasteiger partial charge >= 0.3 is 12.1 Å². The molecule has 1 unspecified atom stereocenters. The molecule has 0 spiro atoms. The summed E-state index contributed by atoms with van der Waals surface area (Å²) in [7, 11) is 0. The van der Waals surface area contributed by atoms with E-state index in [0.29, 0.717) is 36.3 Å². The van der Waals surface area contributed by atoms with Crippen LogP contribution in [0.5, 0.6) is 11.5 Å². The predicted molar refractivity (Wildman–Crippen MR) is 122 cm³/mol. The number of aliphatic carboxylic acids is 1. The maximum Gasteiger partial charge on any atom is 0.490 e.